The number of para-hydroxylation sites is 1. The number of anilines is 2. The number of benzene rings is 2. The fraction of sp³-hybridized carbons (Fsp3) is 0.483. The van der Waals surface area contributed by atoms with Crippen LogP contribution >= 0.6 is 15.9 Å². The summed E-state index contributed by atoms with van der Waals surface area (Å²) in [5.41, 5.74) is 0.110. The van der Waals surface area contributed by atoms with E-state index < -0.39 is 29.6 Å². The van der Waals surface area contributed by atoms with Crippen LogP contribution in [-0.2, 0) is 19.1 Å². The van der Waals surface area contributed by atoms with Crippen LogP contribution in [0.3, 0.4) is 0 Å². The molecule has 3 amide bonds. The molecule has 3 heterocycles. The molecule has 9 nitrogen and oxygen atoms in total. The molecule has 3 N–H and O–H groups in total. The third-order valence-electron chi connectivity index (χ3n) is 8.05. The number of alkyl halides is 1. The van der Waals surface area contributed by atoms with Gasteiger partial charge in [0.25, 0.3) is 0 Å². The average molecular weight is 601 g/mol. The predicted molar refractivity (Wildman–Crippen MR) is 150 cm³/mol. The Labute approximate surface area is 236 Å². The monoisotopic (exact) mass is 599 g/mol. The number of ether oxygens (including phenoxy) is 2. The van der Waals surface area contributed by atoms with E-state index in [1.165, 1.54) is 0 Å². The molecule has 5 rings (SSSR count). The van der Waals surface area contributed by atoms with E-state index in [2.05, 4.69) is 26.6 Å². The highest BCUT2D eigenvalue weighted by atomic mass is 79.9. The molecular formula is C29H34BrN3O6. The van der Waals surface area contributed by atoms with Crippen molar-refractivity contribution in [2.45, 2.75) is 54.7 Å². The molecule has 208 valence electrons. The molecule has 1 spiro atoms. The zero-order chi connectivity index (χ0) is 27.6. The Morgan fingerprint density at radius 3 is 2.38 bits per heavy atom. The van der Waals surface area contributed by atoms with Crippen LogP contribution in [0.1, 0.15) is 32.1 Å². The molecule has 3 aliphatic heterocycles. The number of aliphatic hydroxyl groups excluding tert-OH is 1. The summed E-state index contributed by atoms with van der Waals surface area (Å²) >= 11 is 3.70. The van der Waals surface area contributed by atoms with Crippen LogP contribution in [0.5, 0.6) is 5.75 Å². The van der Waals surface area contributed by atoms with Crippen molar-refractivity contribution in [2.75, 3.05) is 30.9 Å². The second-order valence-corrected chi connectivity index (χ2v) is 11.6. The highest BCUT2D eigenvalue weighted by Gasteiger charge is 2.76. The van der Waals surface area contributed by atoms with Gasteiger partial charge in [-0.05, 0) is 55.7 Å². The van der Waals surface area contributed by atoms with E-state index in [1.54, 1.807) is 48.4 Å². The molecule has 3 unspecified atom stereocenters. The Hall–Kier alpha value is -2.95. The van der Waals surface area contributed by atoms with Gasteiger partial charge in [0.1, 0.15) is 17.4 Å². The maximum Gasteiger partial charge on any atom is 0.250 e. The first-order chi connectivity index (χ1) is 18.9. The van der Waals surface area contributed by atoms with E-state index in [1.807, 2.05) is 18.2 Å². The molecule has 0 radical (unpaired) electrons. The molecule has 0 saturated carbocycles. The number of hydrogen-bond acceptors (Lipinski definition) is 6. The van der Waals surface area contributed by atoms with Gasteiger partial charge >= 0.3 is 0 Å². The molecule has 3 aliphatic rings. The van der Waals surface area contributed by atoms with Gasteiger partial charge in [0.15, 0.2) is 0 Å². The van der Waals surface area contributed by atoms with E-state index in [-0.39, 0.29) is 29.2 Å². The number of methoxy groups -OCH3 is 1. The quantitative estimate of drug-likeness (QED) is 0.268. The number of nitrogens with one attached hydrogen (secondary N) is 2. The van der Waals surface area contributed by atoms with Crippen molar-refractivity contribution >= 4 is 45.0 Å². The smallest absolute Gasteiger partial charge is 0.250 e. The van der Waals surface area contributed by atoms with E-state index >= 15 is 0 Å². The summed E-state index contributed by atoms with van der Waals surface area (Å²) in [5, 5.41) is 15.0. The third-order valence-corrected chi connectivity index (χ3v) is 8.89. The molecular weight excluding hydrogens is 566 g/mol. The fourth-order valence-electron chi connectivity index (χ4n) is 6.35. The van der Waals surface area contributed by atoms with Crippen molar-refractivity contribution in [1.29, 1.82) is 0 Å². The molecule has 2 aromatic carbocycles. The van der Waals surface area contributed by atoms with Crippen molar-refractivity contribution in [3.8, 4) is 5.75 Å². The number of likely N-dealkylation sites (tertiary alicyclic amines) is 1. The lowest BCUT2D eigenvalue weighted by atomic mass is 9.70. The van der Waals surface area contributed by atoms with Crippen LogP contribution < -0.4 is 15.4 Å². The minimum absolute atomic E-state index is 0.126. The summed E-state index contributed by atoms with van der Waals surface area (Å²) in [5.74, 6) is -1.66. The molecule has 2 bridgehead atoms. The van der Waals surface area contributed by atoms with Crippen LogP contribution in [0.2, 0.25) is 0 Å². The summed E-state index contributed by atoms with van der Waals surface area (Å²) in [6, 6.07) is 15.3. The lowest BCUT2D eigenvalue weighted by Crippen LogP contribution is -2.54. The van der Waals surface area contributed by atoms with Gasteiger partial charge in [0.05, 0.1) is 25.0 Å². The molecule has 3 fully saturated rings. The Morgan fingerprint density at radius 1 is 1.03 bits per heavy atom. The predicted octanol–water partition coefficient (Wildman–Crippen LogP) is 3.57. The lowest BCUT2D eigenvalue weighted by Gasteiger charge is -2.34. The number of unbranched alkanes of at least 4 members (excludes halogenated alkanes) is 3. The topological polar surface area (TPSA) is 117 Å². The first-order valence-electron chi connectivity index (χ1n) is 13.4. The molecule has 0 aromatic heterocycles. The van der Waals surface area contributed by atoms with E-state index in [0.717, 1.165) is 12.8 Å². The molecule has 2 aromatic rings. The number of carbonyl (C=O) groups is 3. The maximum absolute atomic E-state index is 14.0. The minimum Gasteiger partial charge on any atom is -0.497 e. The standard InChI is InChI=1S/C29H34BrN3O6/c1-38-20-13-11-19(12-14-20)32-27(36)25-29-17-21(30)24(39-29)22(26(35)31-18-9-5-4-6-10-18)23(29)28(37)33(25)15-7-2-3-8-16-34/h4-6,9-14,21-25,34H,2-3,7-8,15-17H2,1H3,(H,31,35)(H,32,36)/t21?,22-,23+,24-,25?,29?/m1/s1. The van der Waals surface area contributed by atoms with E-state index in [0.29, 0.717) is 42.9 Å². The number of rotatable bonds is 11. The number of fused-ring (bicyclic) bond motifs is 1. The number of hydrogen-bond donors (Lipinski definition) is 3. The van der Waals surface area contributed by atoms with Crippen LogP contribution in [0, 0.1) is 11.8 Å². The molecule has 3 saturated heterocycles. The number of halogens is 1. The Kier molecular flexibility index (Phi) is 8.25. The second-order valence-electron chi connectivity index (χ2n) is 10.4. The van der Waals surface area contributed by atoms with Crippen LogP contribution in [0.15, 0.2) is 54.6 Å². The summed E-state index contributed by atoms with van der Waals surface area (Å²) in [4.78, 5) is 43.0. The number of amides is 3. The van der Waals surface area contributed by atoms with Gasteiger partial charge in [-0.2, -0.15) is 0 Å². The zero-order valence-electron chi connectivity index (χ0n) is 21.8. The lowest BCUT2D eigenvalue weighted by molar-refractivity contribution is -0.139. The van der Waals surface area contributed by atoms with Gasteiger partial charge in [-0.25, -0.2) is 0 Å². The first kappa shape index (κ1) is 27.6. The summed E-state index contributed by atoms with van der Waals surface area (Å²) < 4.78 is 11.8. The summed E-state index contributed by atoms with van der Waals surface area (Å²) in [6.45, 7) is 0.498. The van der Waals surface area contributed by atoms with E-state index in [4.69, 9.17) is 14.6 Å². The van der Waals surface area contributed by atoms with Crippen molar-refractivity contribution < 1.29 is 29.0 Å². The van der Waals surface area contributed by atoms with Crippen LogP contribution in [0.4, 0.5) is 11.4 Å². The van der Waals surface area contributed by atoms with Gasteiger partial charge in [-0.3, -0.25) is 14.4 Å². The minimum atomic E-state index is -1.11. The van der Waals surface area contributed by atoms with Gasteiger partial charge in [0, 0.05) is 29.4 Å². The maximum atomic E-state index is 14.0. The van der Waals surface area contributed by atoms with Gasteiger partial charge in [-0.1, -0.05) is 47.0 Å². The summed E-state index contributed by atoms with van der Waals surface area (Å²) in [6.07, 6.45) is 2.95. The van der Waals surface area contributed by atoms with E-state index in [9.17, 15) is 14.4 Å². The molecule has 39 heavy (non-hydrogen) atoms. The number of aliphatic hydroxyl groups is 1. The van der Waals surface area contributed by atoms with Crippen molar-refractivity contribution in [2.24, 2.45) is 11.8 Å². The van der Waals surface area contributed by atoms with Crippen molar-refractivity contribution in [3.63, 3.8) is 0 Å². The second kappa shape index (κ2) is 11.7. The Morgan fingerprint density at radius 2 is 1.69 bits per heavy atom. The van der Waals surface area contributed by atoms with Gasteiger partial charge in [0.2, 0.25) is 17.7 Å². The molecule has 6 atom stereocenters. The number of carbonyl (C=O) groups excluding carboxylic acids is 3. The van der Waals surface area contributed by atoms with Crippen molar-refractivity contribution in [1.82, 2.24) is 4.90 Å². The largest absolute Gasteiger partial charge is 0.497 e. The summed E-state index contributed by atoms with van der Waals surface area (Å²) in [7, 11) is 1.57. The van der Waals surface area contributed by atoms with Crippen LogP contribution in [-0.4, -0.2) is 70.6 Å². The first-order valence-corrected chi connectivity index (χ1v) is 14.3. The average Bonchev–Trinajstić information content (AvgIpc) is 3.53. The van der Waals surface area contributed by atoms with Crippen LogP contribution in [0.25, 0.3) is 0 Å². The highest BCUT2D eigenvalue weighted by molar-refractivity contribution is 9.09. The third kappa shape index (κ3) is 5.17. The SMILES string of the molecule is COc1ccc(NC(=O)C2N(CCCCCCO)C(=O)[C@@H]3[C@@H](C(=O)Nc4ccccc4)[C@@H]4OC23CC4Br)cc1. The molecule has 10 heteroatoms. The van der Waals surface area contributed by atoms with Crippen molar-refractivity contribution in [3.05, 3.63) is 54.6 Å². The normalized spacial score (nSPS) is 28.8. The van der Waals surface area contributed by atoms with Gasteiger partial charge in [-0.15, -0.1) is 0 Å². The highest BCUT2D eigenvalue weighted by Crippen LogP contribution is 2.60. The zero-order valence-corrected chi connectivity index (χ0v) is 23.4. The fourth-order valence-corrected chi connectivity index (χ4v) is 7.29. The molecule has 0 aliphatic carbocycles. The Bertz CT molecular complexity index is 1200. The van der Waals surface area contributed by atoms with Gasteiger partial charge < -0.3 is 30.1 Å². The Balaban J connectivity index is 1.43. The number of nitrogens with zero attached hydrogens (tertiary/aromatic N) is 1.